The third kappa shape index (κ3) is 5.22. The van der Waals surface area contributed by atoms with Gasteiger partial charge in [-0.1, -0.05) is 12.1 Å². The van der Waals surface area contributed by atoms with Crippen molar-refractivity contribution in [3.63, 3.8) is 0 Å². The first-order valence-electron chi connectivity index (χ1n) is 7.89. The monoisotopic (exact) mass is 363 g/mol. The molecule has 2 N–H and O–H groups in total. The standard InChI is InChI=1S/C18H21NO5S/c1-3-24-14-6-4-12(5-7-14)10-13(18(21)22)11-19-17(20)16-15(23-2)8-9-25-16/h4-9,13H,3,10-11H2,1-2H3,(H,19,20)(H,21,22). The van der Waals surface area contributed by atoms with Crippen molar-refractivity contribution in [1.29, 1.82) is 0 Å². The highest BCUT2D eigenvalue weighted by atomic mass is 32.1. The molecule has 1 aromatic heterocycles. The number of carbonyl (C=O) groups is 2. The maximum absolute atomic E-state index is 12.2. The molecule has 1 atom stereocenters. The van der Waals surface area contributed by atoms with Gasteiger partial charge in [-0.3, -0.25) is 9.59 Å². The number of carboxylic acid groups (broad SMARTS) is 1. The summed E-state index contributed by atoms with van der Waals surface area (Å²) in [6.45, 7) is 2.53. The molecule has 0 spiro atoms. The predicted molar refractivity (Wildman–Crippen MR) is 95.6 cm³/mol. The van der Waals surface area contributed by atoms with Crippen molar-refractivity contribution in [2.75, 3.05) is 20.3 Å². The molecule has 1 unspecified atom stereocenters. The Hall–Kier alpha value is -2.54. The Balaban J connectivity index is 1.96. The van der Waals surface area contributed by atoms with E-state index in [4.69, 9.17) is 9.47 Å². The topological polar surface area (TPSA) is 84.9 Å². The van der Waals surface area contributed by atoms with E-state index in [9.17, 15) is 14.7 Å². The third-order valence-corrected chi connectivity index (χ3v) is 4.52. The average Bonchev–Trinajstić information content (AvgIpc) is 3.08. The van der Waals surface area contributed by atoms with E-state index in [1.807, 2.05) is 31.2 Å². The molecule has 2 aromatic rings. The largest absolute Gasteiger partial charge is 0.495 e. The van der Waals surface area contributed by atoms with Gasteiger partial charge in [-0.25, -0.2) is 0 Å². The second-order valence-electron chi connectivity index (χ2n) is 5.34. The van der Waals surface area contributed by atoms with Crippen LogP contribution in [-0.4, -0.2) is 37.2 Å². The predicted octanol–water partition coefficient (Wildman–Crippen LogP) is 2.83. The number of nitrogens with one attached hydrogen (secondary N) is 1. The summed E-state index contributed by atoms with van der Waals surface area (Å²) in [5.74, 6) is -0.762. The summed E-state index contributed by atoms with van der Waals surface area (Å²) < 4.78 is 10.5. The Morgan fingerprint density at radius 3 is 2.56 bits per heavy atom. The Morgan fingerprint density at radius 2 is 1.96 bits per heavy atom. The summed E-state index contributed by atoms with van der Waals surface area (Å²) >= 11 is 1.25. The molecule has 0 aliphatic carbocycles. The van der Waals surface area contributed by atoms with Crippen LogP contribution in [-0.2, 0) is 11.2 Å². The number of methoxy groups -OCH3 is 1. The molecule has 0 saturated heterocycles. The van der Waals surface area contributed by atoms with Gasteiger partial charge in [0.1, 0.15) is 16.4 Å². The number of rotatable bonds is 9. The molecule has 1 amide bonds. The van der Waals surface area contributed by atoms with Gasteiger partial charge in [0.25, 0.3) is 5.91 Å². The minimum atomic E-state index is -0.952. The van der Waals surface area contributed by atoms with Gasteiger partial charge in [-0.15, -0.1) is 11.3 Å². The fourth-order valence-corrected chi connectivity index (χ4v) is 3.11. The van der Waals surface area contributed by atoms with Crippen LogP contribution < -0.4 is 14.8 Å². The Kier molecular flexibility index (Phi) is 6.82. The summed E-state index contributed by atoms with van der Waals surface area (Å²) in [5, 5.41) is 13.9. The lowest BCUT2D eigenvalue weighted by Crippen LogP contribution is -2.33. The number of amides is 1. The second kappa shape index (κ2) is 9.08. The summed E-state index contributed by atoms with van der Waals surface area (Å²) in [6, 6.07) is 9.00. The quantitative estimate of drug-likeness (QED) is 0.716. The zero-order valence-corrected chi connectivity index (χ0v) is 15.0. The van der Waals surface area contributed by atoms with E-state index in [1.165, 1.54) is 18.4 Å². The molecule has 25 heavy (non-hydrogen) atoms. The molecule has 1 aromatic carbocycles. The maximum Gasteiger partial charge on any atom is 0.308 e. The molecule has 0 aliphatic heterocycles. The molecule has 1 heterocycles. The first kappa shape index (κ1) is 18.8. The van der Waals surface area contributed by atoms with Gasteiger partial charge < -0.3 is 19.9 Å². The summed E-state index contributed by atoms with van der Waals surface area (Å²) in [5.41, 5.74) is 0.874. The summed E-state index contributed by atoms with van der Waals surface area (Å²) in [4.78, 5) is 24.1. The fraction of sp³-hybridized carbons (Fsp3) is 0.333. The lowest BCUT2D eigenvalue weighted by molar-refractivity contribution is -0.141. The van der Waals surface area contributed by atoms with Gasteiger partial charge in [0.05, 0.1) is 19.6 Å². The number of carboxylic acids is 1. The van der Waals surface area contributed by atoms with Gasteiger partial charge >= 0.3 is 5.97 Å². The zero-order chi connectivity index (χ0) is 18.2. The number of ether oxygens (including phenoxy) is 2. The van der Waals surface area contributed by atoms with E-state index in [1.54, 1.807) is 11.4 Å². The fourth-order valence-electron chi connectivity index (χ4n) is 2.34. The van der Waals surface area contributed by atoms with Crippen molar-refractivity contribution in [3.8, 4) is 11.5 Å². The summed E-state index contributed by atoms with van der Waals surface area (Å²) in [6.07, 6.45) is 0.323. The molecule has 0 bridgehead atoms. The molecule has 0 aliphatic rings. The van der Waals surface area contributed by atoms with Crippen LogP contribution in [0.15, 0.2) is 35.7 Å². The van der Waals surface area contributed by atoms with Crippen molar-refractivity contribution in [2.24, 2.45) is 5.92 Å². The number of hydrogen-bond acceptors (Lipinski definition) is 5. The third-order valence-electron chi connectivity index (χ3n) is 3.63. The molecule has 0 radical (unpaired) electrons. The number of thiophene rings is 1. The first-order chi connectivity index (χ1) is 12.0. The van der Waals surface area contributed by atoms with E-state index in [-0.39, 0.29) is 12.5 Å². The van der Waals surface area contributed by atoms with E-state index in [0.717, 1.165) is 11.3 Å². The van der Waals surface area contributed by atoms with Crippen molar-refractivity contribution in [2.45, 2.75) is 13.3 Å². The van der Waals surface area contributed by atoms with E-state index in [2.05, 4.69) is 5.32 Å². The average molecular weight is 363 g/mol. The molecule has 2 rings (SSSR count). The highest BCUT2D eigenvalue weighted by Crippen LogP contribution is 2.24. The van der Waals surface area contributed by atoms with Crippen molar-refractivity contribution >= 4 is 23.2 Å². The SMILES string of the molecule is CCOc1ccc(CC(CNC(=O)c2sccc2OC)C(=O)O)cc1. The maximum atomic E-state index is 12.2. The van der Waals surface area contributed by atoms with Crippen LogP contribution in [0.4, 0.5) is 0 Å². The minimum Gasteiger partial charge on any atom is -0.495 e. The van der Waals surface area contributed by atoms with Crippen LogP contribution in [0.2, 0.25) is 0 Å². The highest BCUT2D eigenvalue weighted by Gasteiger charge is 2.21. The molecular weight excluding hydrogens is 342 g/mol. The highest BCUT2D eigenvalue weighted by molar-refractivity contribution is 7.12. The van der Waals surface area contributed by atoms with Gasteiger partial charge in [0, 0.05) is 6.54 Å². The molecule has 7 heteroatoms. The summed E-state index contributed by atoms with van der Waals surface area (Å²) in [7, 11) is 1.49. The number of carbonyl (C=O) groups excluding carboxylic acids is 1. The van der Waals surface area contributed by atoms with Crippen molar-refractivity contribution in [1.82, 2.24) is 5.32 Å². The minimum absolute atomic E-state index is 0.0441. The van der Waals surface area contributed by atoms with E-state index in [0.29, 0.717) is 23.7 Å². The van der Waals surface area contributed by atoms with Crippen LogP contribution in [0.1, 0.15) is 22.2 Å². The molecular formula is C18H21NO5S. The van der Waals surface area contributed by atoms with Crippen molar-refractivity contribution < 1.29 is 24.2 Å². The first-order valence-corrected chi connectivity index (χ1v) is 8.77. The normalized spacial score (nSPS) is 11.6. The Morgan fingerprint density at radius 1 is 1.24 bits per heavy atom. The van der Waals surface area contributed by atoms with Crippen LogP contribution in [0.5, 0.6) is 11.5 Å². The Labute approximate surface area is 150 Å². The van der Waals surface area contributed by atoms with Crippen LogP contribution >= 0.6 is 11.3 Å². The van der Waals surface area contributed by atoms with Crippen molar-refractivity contribution in [3.05, 3.63) is 46.2 Å². The lowest BCUT2D eigenvalue weighted by atomic mass is 9.99. The molecule has 0 saturated carbocycles. The van der Waals surface area contributed by atoms with E-state index >= 15 is 0 Å². The molecule has 134 valence electrons. The number of benzene rings is 1. The van der Waals surface area contributed by atoms with Gasteiger partial charge in [-0.05, 0) is 42.5 Å². The molecule has 0 fully saturated rings. The number of aliphatic carboxylic acids is 1. The van der Waals surface area contributed by atoms with Crippen LogP contribution in [0.3, 0.4) is 0 Å². The Bertz CT molecular complexity index is 711. The zero-order valence-electron chi connectivity index (χ0n) is 14.2. The van der Waals surface area contributed by atoms with Crippen LogP contribution in [0, 0.1) is 5.92 Å². The smallest absolute Gasteiger partial charge is 0.308 e. The molecule has 6 nitrogen and oxygen atoms in total. The number of hydrogen-bond donors (Lipinski definition) is 2. The second-order valence-corrected chi connectivity index (χ2v) is 6.26. The van der Waals surface area contributed by atoms with Gasteiger partial charge in [0.2, 0.25) is 0 Å². The van der Waals surface area contributed by atoms with E-state index < -0.39 is 11.9 Å². The van der Waals surface area contributed by atoms with Crippen LogP contribution in [0.25, 0.3) is 0 Å². The van der Waals surface area contributed by atoms with Gasteiger partial charge in [-0.2, -0.15) is 0 Å². The lowest BCUT2D eigenvalue weighted by Gasteiger charge is -2.14. The van der Waals surface area contributed by atoms with Gasteiger partial charge in [0.15, 0.2) is 0 Å².